The number of aryl methyl sites for hydroxylation is 1. The second-order valence-corrected chi connectivity index (χ2v) is 6.60. The lowest BCUT2D eigenvalue weighted by Crippen LogP contribution is -2.37. The Hall–Kier alpha value is -2.83. The van der Waals surface area contributed by atoms with Crippen molar-refractivity contribution in [2.45, 2.75) is 20.4 Å². The second-order valence-electron chi connectivity index (χ2n) is 6.60. The highest BCUT2D eigenvalue weighted by atomic mass is 16.5. The predicted octanol–water partition coefficient (Wildman–Crippen LogP) is 1.52. The van der Waals surface area contributed by atoms with Gasteiger partial charge in [0, 0.05) is 20.6 Å². The third-order valence-corrected chi connectivity index (χ3v) is 4.05. The van der Waals surface area contributed by atoms with Gasteiger partial charge < -0.3 is 9.30 Å². The van der Waals surface area contributed by atoms with E-state index in [-0.39, 0.29) is 11.2 Å². The Morgan fingerprint density at radius 1 is 1.16 bits per heavy atom. The van der Waals surface area contributed by atoms with Gasteiger partial charge in [-0.05, 0) is 23.6 Å². The number of ether oxygens (including phenoxy) is 1. The molecule has 0 unspecified atom stereocenters. The minimum Gasteiger partial charge on any atom is -0.493 e. The molecule has 0 aliphatic rings. The zero-order chi connectivity index (χ0) is 18.1. The van der Waals surface area contributed by atoms with Crippen LogP contribution in [0, 0.1) is 5.92 Å². The fraction of sp³-hybridized carbons (Fsp3) is 0.389. The number of aromatic nitrogens is 4. The standard InChI is InChI=1S/C18H22N4O3/c1-12(2)10-25-14-7-5-6-13(8-14)9-22-11-19-16-15(22)17(23)21(4)18(24)20(16)3/h5-8,11-12H,9-10H2,1-4H3. The summed E-state index contributed by atoms with van der Waals surface area (Å²) in [6.45, 7) is 5.33. The van der Waals surface area contributed by atoms with Crippen LogP contribution in [-0.4, -0.2) is 25.3 Å². The van der Waals surface area contributed by atoms with Crippen LogP contribution in [0.2, 0.25) is 0 Å². The molecular weight excluding hydrogens is 320 g/mol. The molecule has 0 aliphatic carbocycles. The zero-order valence-corrected chi connectivity index (χ0v) is 14.9. The largest absolute Gasteiger partial charge is 0.493 e. The summed E-state index contributed by atoms with van der Waals surface area (Å²) in [6.07, 6.45) is 1.59. The minimum absolute atomic E-state index is 0.345. The summed E-state index contributed by atoms with van der Waals surface area (Å²) >= 11 is 0. The third kappa shape index (κ3) is 3.22. The number of imidazole rings is 1. The predicted molar refractivity (Wildman–Crippen MR) is 96.1 cm³/mol. The van der Waals surface area contributed by atoms with Crippen molar-refractivity contribution in [3.63, 3.8) is 0 Å². The number of nitrogens with zero attached hydrogens (tertiary/aromatic N) is 4. The van der Waals surface area contributed by atoms with Crippen molar-refractivity contribution in [3.8, 4) is 5.75 Å². The molecule has 25 heavy (non-hydrogen) atoms. The van der Waals surface area contributed by atoms with Crippen LogP contribution in [0.15, 0.2) is 40.2 Å². The van der Waals surface area contributed by atoms with Gasteiger partial charge in [-0.25, -0.2) is 9.78 Å². The molecule has 2 heterocycles. The second kappa shape index (κ2) is 6.58. The highest BCUT2D eigenvalue weighted by Gasteiger charge is 2.14. The fourth-order valence-corrected chi connectivity index (χ4v) is 2.71. The Morgan fingerprint density at radius 2 is 1.92 bits per heavy atom. The van der Waals surface area contributed by atoms with Crippen LogP contribution in [0.3, 0.4) is 0 Å². The van der Waals surface area contributed by atoms with Crippen molar-refractivity contribution >= 4 is 11.2 Å². The number of hydrogen-bond donors (Lipinski definition) is 0. The summed E-state index contributed by atoms with van der Waals surface area (Å²) < 4.78 is 10.0. The molecule has 7 nitrogen and oxygen atoms in total. The van der Waals surface area contributed by atoms with Gasteiger partial charge in [0.25, 0.3) is 5.56 Å². The molecule has 0 radical (unpaired) electrons. The monoisotopic (exact) mass is 342 g/mol. The highest BCUT2D eigenvalue weighted by molar-refractivity contribution is 5.70. The molecule has 3 rings (SSSR count). The molecule has 0 bridgehead atoms. The molecule has 1 aromatic carbocycles. The van der Waals surface area contributed by atoms with Gasteiger partial charge in [0.15, 0.2) is 11.2 Å². The molecule has 3 aromatic rings. The van der Waals surface area contributed by atoms with Gasteiger partial charge in [-0.2, -0.15) is 0 Å². The molecule has 0 fully saturated rings. The van der Waals surface area contributed by atoms with Crippen molar-refractivity contribution in [2.24, 2.45) is 20.0 Å². The van der Waals surface area contributed by atoms with Gasteiger partial charge in [0.05, 0.1) is 12.9 Å². The molecule has 0 amide bonds. The van der Waals surface area contributed by atoms with Gasteiger partial charge >= 0.3 is 5.69 Å². The van der Waals surface area contributed by atoms with Crippen molar-refractivity contribution in [1.29, 1.82) is 0 Å². The molecular formula is C18H22N4O3. The van der Waals surface area contributed by atoms with E-state index in [4.69, 9.17) is 4.74 Å². The van der Waals surface area contributed by atoms with E-state index in [1.54, 1.807) is 17.9 Å². The van der Waals surface area contributed by atoms with Crippen LogP contribution in [0.25, 0.3) is 11.2 Å². The summed E-state index contributed by atoms with van der Waals surface area (Å²) in [5.74, 6) is 1.25. The van der Waals surface area contributed by atoms with E-state index in [0.717, 1.165) is 15.9 Å². The van der Waals surface area contributed by atoms with Gasteiger partial charge in [0.1, 0.15) is 5.75 Å². The first-order chi connectivity index (χ1) is 11.9. The molecule has 0 aliphatic heterocycles. The molecule has 132 valence electrons. The van der Waals surface area contributed by atoms with E-state index >= 15 is 0 Å². The SMILES string of the molecule is CC(C)COc1cccc(Cn2cnc3c2c(=O)n(C)c(=O)n3C)c1. The van der Waals surface area contributed by atoms with Gasteiger partial charge in [-0.15, -0.1) is 0 Å². The molecule has 0 N–H and O–H groups in total. The first kappa shape index (κ1) is 17.0. The number of hydrogen-bond acceptors (Lipinski definition) is 4. The van der Waals surface area contributed by atoms with Gasteiger partial charge in [-0.3, -0.25) is 13.9 Å². The van der Waals surface area contributed by atoms with Crippen molar-refractivity contribution < 1.29 is 4.74 Å². The van der Waals surface area contributed by atoms with Crippen molar-refractivity contribution in [3.05, 3.63) is 57.0 Å². The van der Waals surface area contributed by atoms with Crippen molar-refractivity contribution in [2.75, 3.05) is 6.61 Å². The van der Waals surface area contributed by atoms with Crippen LogP contribution in [-0.2, 0) is 20.6 Å². The lowest BCUT2D eigenvalue weighted by Gasteiger charge is -2.11. The maximum Gasteiger partial charge on any atom is 0.332 e. The van der Waals surface area contributed by atoms with E-state index in [1.165, 1.54) is 11.6 Å². The zero-order valence-electron chi connectivity index (χ0n) is 14.9. The van der Waals surface area contributed by atoms with E-state index in [9.17, 15) is 9.59 Å². The first-order valence-corrected chi connectivity index (χ1v) is 8.21. The van der Waals surface area contributed by atoms with E-state index in [2.05, 4.69) is 18.8 Å². The smallest absolute Gasteiger partial charge is 0.332 e. The maximum absolute atomic E-state index is 12.5. The summed E-state index contributed by atoms with van der Waals surface area (Å²) in [4.78, 5) is 28.7. The van der Waals surface area contributed by atoms with Crippen molar-refractivity contribution in [1.82, 2.24) is 18.7 Å². The van der Waals surface area contributed by atoms with E-state index in [1.807, 2.05) is 24.3 Å². The van der Waals surface area contributed by atoms with E-state index in [0.29, 0.717) is 30.2 Å². The van der Waals surface area contributed by atoms with Gasteiger partial charge in [0.2, 0.25) is 0 Å². The van der Waals surface area contributed by atoms with E-state index < -0.39 is 0 Å². The number of fused-ring (bicyclic) bond motifs is 1. The average Bonchev–Trinajstić information content (AvgIpc) is 3.00. The lowest BCUT2D eigenvalue weighted by molar-refractivity contribution is 0.271. The average molecular weight is 342 g/mol. The Bertz CT molecular complexity index is 1030. The maximum atomic E-state index is 12.5. The summed E-state index contributed by atoms with van der Waals surface area (Å²) in [7, 11) is 3.09. The molecule has 7 heteroatoms. The highest BCUT2D eigenvalue weighted by Crippen LogP contribution is 2.16. The van der Waals surface area contributed by atoms with Gasteiger partial charge in [-0.1, -0.05) is 26.0 Å². The summed E-state index contributed by atoms with van der Waals surface area (Å²) in [5.41, 5.74) is 1.07. The summed E-state index contributed by atoms with van der Waals surface area (Å²) in [6, 6.07) is 7.78. The molecule has 0 spiro atoms. The Kier molecular flexibility index (Phi) is 4.48. The van der Waals surface area contributed by atoms with Crippen LogP contribution in [0.5, 0.6) is 5.75 Å². The topological polar surface area (TPSA) is 71.1 Å². The molecule has 0 saturated heterocycles. The number of benzene rings is 1. The Balaban J connectivity index is 1.98. The summed E-state index contributed by atoms with van der Waals surface area (Å²) in [5, 5.41) is 0. The lowest BCUT2D eigenvalue weighted by atomic mass is 10.2. The Labute approximate surface area is 145 Å². The number of rotatable bonds is 5. The third-order valence-electron chi connectivity index (χ3n) is 4.05. The molecule has 2 aromatic heterocycles. The normalized spacial score (nSPS) is 11.4. The minimum atomic E-state index is -0.383. The van der Waals surface area contributed by atoms with Crippen LogP contribution in [0.1, 0.15) is 19.4 Å². The molecule has 0 atom stereocenters. The molecule has 0 saturated carbocycles. The fourth-order valence-electron chi connectivity index (χ4n) is 2.71. The quantitative estimate of drug-likeness (QED) is 0.705. The van der Waals surface area contributed by atoms with Crippen LogP contribution >= 0.6 is 0 Å². The van der Waals surface area contributed by atoms with Crippen LogP contribution in [0.4, 0.5) is 0 Å². The first-order valence-electron chi connectivity index (χ1n) is 8.21. The van der Waals surface area contributed by atoms with Crippen LogP contribution < -0.4 is 16.0 Å². The Morgan fingerprint density at radius 3 is 2.64 bits per heavy atom.